The van der Waals surface area contributed by atoms with Crippen molar-refractivity contribution in [3.8, 4) is 0 Å². The van der Waals surface area contributed by atoms with Crippen LogP contribution in [-0.4, -0.2) is 26.2 Å². The van der Waals surface area contributed by atoms with Crippen LogP contribution >= 0.6 is 11.6 Å². The minimum atomic E-state index is -3.71. The summed E-state index contributed by atoms with van der Waals surface area (Å²) in [6.45, 7) is 1.64. The lowest BCUT2D eigenvalue weighted by Gasteiger charge is -2.14. The van der Waals surface area contributed by atoms with Gasteiger partial charge in [0.25, 0.3) is 0 Å². The molecule has 2 rings (SSSR count). The number of nitrogens with one attached hydrogen (secondary N) is 1. The molecule has 5 nitrogen and oxygen atoms in total. The van der Waals surface area contributed by atoms with Crippen LogP contribution < -0.4 is 10.5 Å². The Morgan fingerprint density at radius 3 is 2.74 bits per heavy atom. The second-order valence-electron chi connectivity index (χ2n) is 4.87. The van der Waals surface area contributed by atoms with Gasteiger partial charge in [-0.3, -0.25) is 0 Å². The number of aliphatic hydroxyl groups is 1. The van der Waals surface area contributed by atoms with E-state index in [9.17, 15) is 13.5 Å². The highest BCUT2D eigenvalue weighted by Gasteiger charge is 2.31. The molecule has 4 N–H and O–H groups in total. The van der Waals surface area contributed by atoms with Gasteiger partial charge in [-0.1, -0.05) is 11.6 Å². The molecular weight excluding hydrogens is 288 g/mol. The molecule has 0 aliphatic heterocycles. The van der Waals surface area contributed by atoms with Gasteiger partial charge in [-0.05, 0) is 43.4 Å². The van der Waals surface area contributed by atoms with Crippen molar-refractivity contribution < 1.29 is 13.5 Å². The van der Waals surface area contributed by atoms with Crippen molar-refractivity contribution in [2.24, 2.45) is 5.92 Å². The van der Waals surface area contributed by atoms with Crippen LogP contribution in [0.15, 0.2) is 17.0 Å². The van der Waals surface area contributed by atoms with E-state index in [4.69, 9.17) is 17.3 Å². The largest absolute Gasteiger partial charge is 0.398 e. The van der Waals surface area contributed by atoms with Crippen LogP contribution in [-0.2, 0) is 10.0 Å². The number of hydrogen-bond acceptors (Lipinski definition) is 4. The zero-order chi connectivity index (χ0) is 14.2. The fraction of sp³-hybridized carbons (Fsp3) is 0.500. The molecule has 19 heavy (non-hydrogen) atoms. The van der Waals surface area contributed by atoms with E-state index in [1.54, 1.807) is 6.92 Å². The number of nitrogen functional groups attached to an aromatic ring is 1. The number of nitrogens with two attached hydrogens (primary N) is 1. The Kier molecular flexibility index (Phi) is 4.06. The maximum Gasteiger partial charge on any atom is 0.241 e. The maximum absolute atomic E-state index is 12.2. The van der Waals surface area contributed by atoms with Crippen molar-refractivity contribution in [1.82, 2.24) is 4.72 Å². The number of halogens is 1. The first kappa shape index (κ1) is 14.6. The van der Waals surface area contributed by atoms with E-state index in [-0.39, 0.29) is 22.4 Å². The molecule has 1 atom stereocenters. The summed E-state index contributed by atoms with van der Waals surface area (Å²) in [6.07, 6.45) is 1.27. The number of benzene rings is 1. The molecule has 0 amide bonds. The van der Waals surface area contributed by atoms with Gasteiger partial charge in [0.15, 0.2) is 0 Å². The summed E-state index contributed by atoms with van der Waals surface area (Å²) in [6, 6.07) is 2.87. The summed E-state index contributed by atoms with van der Waals surface area (Å²) in [5.41, 5.74) is 6.49. The van der Waals surface area contributed by atoms with Crippen molar-refractivity contribution in [3.63, 3.8) is 0 Å². The van der Waals surface area contributed by atoms with Gasteiger partial charge in [0, 0.05) is 17.3 Å². The summed E-state index contributed by atoms with van der Waals surface area (Å²) in [7, 11) is -3.71. The van der Waals surface area contributed by atoms with E-state index >= 15 is 0 Å². The van der Waals surface area contributed by atoms with Crippen LogP contribution in [0.4, 0.5) is 5.69 Å². The first-order chi connectivity index (χ1) is 8.81. The molecule has 1 aliphatic rings. The van der Waals surface area contributed by atoms with Gasteiger partial charge in [-0.2, -0.15) is 0 Å². The van der Waals surface area contributed by atoms with E-state index in [2.05, 4.69) is 4.72 Å². The molecule has 1 aromatic rings. The average molecular weight is 305 g/mol. The Labute approximate surface area is 117 Å². The van der Waals surface area contributed by atoms with Crippen molar-refractivity contribution in [2.45, 2.75) is 30.8 Å². The van der Waals surface area contributed by atoms with Crippen LogP contribution in [0.25, 0.3) is 0 Å². The molecule has 1 saturated carbocycles. The molecular formula is C12H17ClN2O3S. The average Bonchev–Trinajstić information content (AvgIpc) is 3.14. The van der Waals surface area contributed by atoms with E-state index in [0.29, 0.717) is 11.3 Å². The first-order valence-electron chi connectivity index (χ1n) is 6.04. The molecule has 1 aromatic carbocycles. The fourth-order valence-electron chi connectivity index (χ4n) is 1.87. The number of rotatable bonds is 5. The molecule has 0 aromatic heterocycles. The van der Waals surface area contributed by atoms with Crippen LogP contribution in [0.1, 0.15) is 18.4 Å². The Balaban J connectivity index is 2.19. The lowest BCUT2D eigenvalue weighted by Crippen LogP contribution is -2.33. The molecule has 7 heteroatoms. The molecule has 0 radical (unpaired) electrons. The van der Waals surface area contributed by atoms with Gasteiger partial charge in [-0.25, -0.2) is 13.1 Å². The smallest absolute Gasteiger partial charge is 0.241 e. The predicted molar refractivity (Wildman–Crippen MR) is 74.5 cm³/mol. The summed E-state index contributed by atoms with van der Waals surface area (Å²) >= 11 is 5.83. The van der Waals surface area contributed by atoms with Gasteiger partial charge in [0.1, 0.15) is 0 Å². The number of sulfonamides is 1. The van der Waals surface area contributed by atoms with Crippen LogP contribution in [0.3, 0.4) is 0 Å². The Morgan fingerprint density at radius 2 is 2.16 bits per heavy atom. The molecule has 0 saturated heterocycles. The van der Waals surface area contributed by atoms with Crippen molar-refractivity contribution in [1.29, 1.82) is 0 Å². The minimum Gasteiger partial charge on any atom is -0.398 e. The highest BCUT2D eigenvalue weighted by Crippen LogP contribution is 2.32. The van der Waals surface area contributed by atoms with Crippen LogP contribution in [0.2, 0.25) is 5.02 Å². The Morgan fingerprint density at radius 1 is 1.53 bits per heavy atom. The topological polar surface area (TPSA) is 92.4 Å². The summed E-state index contributed by atoms with van der Waals surface area (Å²) < 4.78 is 26.7. The van der Waals surface area contributed by atoms with Crippen molar-refractivity contribution in [3.05, 3.63) is 22.7 Å². The third-order valence-electron chi connectivity index (χ3n) is 3.30. The highest BCUT2D eigenvalue weighted by atomic mass is 35.5. The third-order valence-corrected chi connectivity index (χ3v) is 5.07. The minimum absolute atomic E-state index is 0.0128. The van der Waals surface area contributed by atoms with Crippen molar-refractivity contribution in [2.75, 3.05) is 12.3 Å². The van der Waals surface area contributed by atoms with Crippen LogP contribution in [0.5, 0.6) is 0 Å². The number of aliphatic hydroxyl groups excluding tert-OH is 1. The lowest BCUT2D eigenvalue weighted by atomic mass is 10.2. The van der Waals surface area contributed by atoms with Gasteiger partial charge >= 0.3 is 0 Å². The fourth-order valence-corrected chi connectivity index (χ4v) is 3.51. The van der Waals surface area contributed by atoms with Gasteiger partial charge < -0.3 is 10.8 Å². The number of anilines is 1. The zero-order valence-corrected chi connectivity index (χ0v) is 12.1. The summed E-state index contributed by atoms with van der Waals surface area (Å²) in [5.74, 6) is 0.216. The SMILES string of the molecule is Cc1c(N)cc(Cl)cc1S(=O)(=O)NCC(O)C1CC1. The van der Waals surface area contributed by atoms with Gasteiger partial charge in [0.05, 0.1) is 11.0 Å². The maximum atomic E-state index is 12.2. The lowest BCUT2D eigenvalue weighted by molar-refractivity contribution is 0.155. The quantitative estimate of drug-likeness (QED) is 0.715. The third kappa shape index (κ3) is 3.39. The highest BCUT2D eigenvalue weighted by molar-refractivity contribution is 7.89. The molecule has 106 valence electrons. The molecule has 0 spiro atoms. The van der Waals surface area contributed by atoms with E-state index in [1.165, 1.54) is 12.1 Å². The molecule has 0 heterocycles. The summed E-state index contributed by atoms with van der Waals surface area (Å²) in [4.78, 5) is 0.0560. The second kappa shape index (κ2) is 5.28. The van der Waals surface area contributed by atoms with E-state index < -0.39 is 16.1 Å². The van der Waals surface area contributed by atoms with E-state index in [0.717, 1.165) is 12.8 Å². The predicted octanol–water partition coefficient (Wildman–Crippen LogP) is 1.28. The van der Waals surface area contributed by atoms with Gasteiger partial charge in [-0.15, -0.1) is 0 Å². The second-order valence-corrected chi connectivity index (χ2v) is 7.05. The van der Waals surface area contributed by atoms with Crippen LogP contribution in [0, 0.1) is 12.8 Å². The Bertz CT molecular complexity index is 585. The van der Waals surface area contributed by atoms with Gasteiger partial charge in [0.2, 0.25) is 10.0 Å². The van der Waals surface area contributed by atoms with E-state index in [1.807, 2.05) is 0 Å². The standard InChI is InChI=1S/C12H17ClN2O3S/c1-7-10(14)4-9(13)5-12(7)19(17,18)15-6-11(16)8-2-3-8/h4-5,8,11,15-16H,2-3,6,14H2,1H3. The summed E-state index contributed by atoms with van der Waals surface area (Å²) in [5, 5.41) is 9.97. The monoisotopic (exact) mass is 304 g/mol. The molecule has 1 aliphatic carbocycles. The molecule has 1 unspecified atom stereocenters. The molecule has 1 fully saturated rings. The zero-order valence-electron chi connectivity index (χ0n) is 10.6. The normalized spacial score (nSPS) is 17.4. The molecule has 0 bridgehead atoms. The first-order valence-corrected chi connectivity index (χ1v) is 7.90. The Hall–Kier alpha value is -0.820. The number of hydrogen-bond donors (Lipinski definition) is 3. The van der Waals surface area contributed by atoms with Crippen molar-refractivity contribution >= 4 is 27.3 Å².